The lowest BCUT2D eigenvalue weighted by atomic mass is 10.1. The van der Waals surface area contributed by atoms with Gasteiger partial charge in [0.15, 0.2) is 5.82 Å². The van der Waals surface area contributed by atoms with E-state index in [-0.39, 0.29) is 11.5 Å². The molecule has 0 saturated heterocycles. The number of carbonyl (C=O) groups is 1. The molecule has 5 aromatic rings. The van der Waals surface area contributed by atoms with Gasteiger partial charge in [-0.3, -0.25) is 9.59 Å². The fraction of sp³-hybridized carbons (Fsp3) is 0.214. The van der Waals surface area contributed by atoms with Crippen molar-refractivity contribution < 1.29 is 4.79 Å². The highest BCUT2D eigenvalue weighted by atomic mass is 16.2. The van der Waals surface area contributed by atoms with Crippen molar-refractivity contribution in [1.82, 2.24) is 29.4 Å². The molecule has 0 radical (unpaired) electrons. The summed E-state index contributed by atoms with van der Waals surface area (Å²) < 4.78 is 4.88. The minimum atomic E-state index is -0.781. The highest BCUT2D eigenvalue weighted by Gasteiger charge is 2.25. The van der Waals surface area contributed by atoms with E-state index >= 15 is 0 Å². The number of amides is 1. The van der Waals surface area contributed by atoms with E-state index in [0.29, 0.717) is 35.4 Å². The molecule has 1 N–H and O–H groups in total. The van der Waals surface area contributed by atoms with E-state index in [9.17, 15) is 9.59 Å². The number of fused-ring (bicyclic) bond motifs is 1. The second kappa shape index (κ2) is 9.65. The molecule has 0 bridgehead atoms. The Hall–Kier alpha value is -4.46. The van der Waals surface area contributed by atoms with Gasteiger partial charge in [0.25, 0.3) is 5.56 Å². The molecule has 3 aromatic heterocycles. The smallest absolute Gasteiger partial charge is 0.280 e. The molecule has 182 valence electrons. The zero-order valence-electron chi connectivity index (χ0n) is 20.5. The number of rotatable bonds is 7. The van der Waals surface area contributed by atoms with E-state index < -0.39 is 6.04 Å². The molecule has 0 aliphatic rings. The van der Waals surface area contributed by atoms with Crippen molar-refractivity contribution in [2.45, 2.75) is 33.2 Å². The Balaban J connectivity index is 1.51. The summed E-state index contributed by atoms with van der Waals surface area (Å²) in [5.74, 6) is 0.353. The molecule has 0 aliphatic carbocycles. The van der Waals surface area contributed by atoms with Crippen LogP contribution in [0.2, 0.25) is 0 Å². The number of carbonyl (C=O) groups excluding carboxylic acids is 1. The minimum Gasteiger partial charge on any atom is -0.354 e. The zero-order chi connectivity index (χ0) is 25.2. The summed E-state index contributed by atoms with van der Waals surface area (Å²) in [7, 11) is 0. The van der Waals surface area contributed by atoms with E-state index in [4.69, 9.17) is 5.10 Å². The first-order chi connectivity index (χ1) is 17.4. The number of hydrogen-bond acceptors (Lipinski definition) is 4. The van der Waals surface area contributed by atoms with Gasteiger partial charge in [0.2, 0.25) is 5.91 Å². The molecule has 2 aromatic carbocycles. The lowest BCUT2D eigenvalue weighted by Gasteiger charge is -2.15. The average Bonchev–Trinajstić information content (AvgIpc) is 3.56. The lowest BCUT2D eigenvalue weighted by molar-refractivity contribution is -0.124. The van der Waals surface area contributed by atoms with Gasteiger partial charge in [0.1, 0.15) is 16.9 Å². The summed E-state index contributed by atoms with van der Waals surface area (Å²) in [6, 6.07) is 20.9. The molecule has 3 heterocycles. The van der Waals surface area contributed by atoms with Gasteiger partial charge >= 0.3 is 0 Å². The molecule has 36 heavy (non-hydrogen) atoms. The maximum Gasteiger partial charge on any atom is 0.280 e. The Morgan fingerprint density at radius 3 is 2.33 bits per heavy atom. The van der Waals surface area contributed by atoms with Crippen LogP contribution < -0.4 is 10.9 Å². The van der Waals surface area contributed by atoms with E-state index in [2.05, 4.69) is 34.7 Å². The maximum atomic E-state index is 13.8. The molecular weight excluding hydrogens is 452 g/mol. The number of para-hydroxylation sites is 1. The van der Waals surface area contributed by atoms with Gasteiger partial charge in [-0.2, -0.15) is 10.2 Å². The molecule has 8 heteroatoms. The predicted octanol–water partition coefficient (Wildman–Crippen LogP) is 3.91. The summed E-state index contributed by atoms with van der Waals surface area (Å²) in [6.45, 7) is 6.02. The van der Waals surface area contributed by atoms with Crippen molar-refractivity contribution in [3.05, 3.63) is 106 Å². The first-order valence-corrected chi connectivity index (χ1v) is 12.0. The fourth-order valence-electron chi connectivity index (χ4n) is 4.30. The summed E-state index contributed by atoms with van der Waals surface area (Å²) >= 11 is 0. The van der Waals surface area contributed by atoms with Crippen LogP contribution in [0.1, 0.15) is 29.8 Å². The van der Waals surface area contributed by atoms with Crippen molar-refractivity contribution in [3.63, 3.8) is 0 Å². The van der Waals surface area contributed by atoms with Crippen LogP contribution in [0, 0.1) is 13.8 Å². The number of aryl methyl sites for hydroxylation is 2. The van der Waals surface area contributed by atoms with Crippen molar-refractivity contribution in [2.75, 3.05) is 6.54 Å². The van der Waals surface area contributed by atoms with Gasteiger partial charge in [-0.05, 0) is 57.0 Å². The van der Waals surface area contributed by atoms with Gasteiger partial charge in [-0.1, -0.05) is 48.0 Å². The number of hydrogen-bond donors (Lipinski definition) is 1. The van der Waals surface area contributed by atoms with E-state index in [0.717, 1.165) is 11.3 Å². The zero-order valence-corrected chi connectivity index (χ0v) is 20.5. The first kappa shape index (κ1) is 23.3. The molecule has 0 saturated carbocycles. The third-order valence-electron chi connectivity index (χ3n) is 6.31. The Kier molecular flexibility index (Phi) is 6.25. The van der Waals surface area contributed by atoms with Crippen LogP contribution in [0.4, 0.5) is 0 Å². The standard InChI is InChI=1S/C28H28N6O2/c1-19-11-13-22(14-12-19)15-16-29-26(35)21(3)33-28(36)24-25(20(2)30-33)31-34(23-9-5-4-6-10-23)27(24)32-17-7-8-18-32/h4-14,17-18,21H,15-16H2,1-3H3,(H,29,35). The monoisotopic (exact) mass is 480 g/mol. The number of benzene rings is 2. The Bertz CT molecular complexity index is 1560. The largest absolute Gasteiger partial charge is 0.354 e. The first-order valence-electron chi connectivity index (χ1n) is 12.0. The Labute approximate surface area is 208 Å². The lowest BCUT2D eigenvalue weighted by Crippen LogP contribution is -2.38. The number of aromatic nitrogens is 5. The molecule has 5 rings (SSSR count). The average molecular weight is 481 g/mol. The Morgan fingerprint density at radius 2 is 1.64 bits per heavy atom. The van der Waals surface area contributed by atoms with Crippen LogP contribution in [-0.2, 0) is 11.2 Å². The van der Waals surface area contributed by atoms with Crippen LogP contribution in [0.15, 0.2) is 83.9 Å². The molecule has 1 amide bonds. The molecule has 0 fully saturated rings. The highest BCUT2D eigenvalue weighted by molar-refractivity contribution is 5.88. The normalized spacial score (nSPS) is 12.1. The van der Waals surface area contributed by atoms with Crippen molar-refractivity contribution >= 4 is 16.8 Å². The maximum absolute atomic E-state index is 13.8. The van der Waals surface area contributed by atoms with Crippen molar-refractivity contribution in [3.8, 4) is 11.5 Å². The molecule has 1 atom stereocenters. The van der Waals surface area contributed by atoms with E-state index in [1.165, 1.54) is 10.2 Å². The van der Waals surface area contributed by atoms with Crippen LogP contribution in [0.3, 0.4) is 0 Å². The Morgan fingerprint density at radius 1 is 0.944 bits per heavy atom. The summed E-state index contributed by atoms with van der Waals surface area (Å²) in [4.78, 5) is 26.8. The topological polar surface area (TPSA) is 86.7 Å². The summed E-state index contributed by atoms with van der Waals surface area (Å²) in [6.07, 6.45) is 4.45. The molecule has 0 spiro atoms. The van der Waals surface area contributed by atoms with Crippen LogP contribution in [0.5, 0.6) is 0 Å². The minimum absolute atomic E-state index is 0.256. The van der Waals surface area contributed by atoms with E-state index in [1.54, 1.807) is 11.6 Å². The third-order valence-corrected chi connectivity index (χ3v) is 6.31. The molecule has 1 unspecified atom stereocenters. The van der Waals surface area contributed by atoms with Gasteiger partial charge < -0.3 is 9.88 Å². The van der Waals surface area contributed by atoms with Crippen molar-refractivity contribution in [2.24, 2.45) is 0 Å². The molecular formula is C28H28N6O2. The van der Waals surface area contributed by atoms with E-state index in [1.807, 2.05) is 73.3 Å². The molecule has 0 aliphatic heterocycles. The second-order valence-electron chi connectivity index (χ2n) is 8.92. The number of nitrogens with one attached hydrogen (secondary N) is 1. The van der Waals surface area contributed by atoms with Gasteiger partial charge in [-0.15, -0.1) is 0 Å². The summed E-state index contributed by atoms with van der Waals surface area (Å²) in [5.41, 5.74) is 3.89. The highest BCUT2D eigenvalue weighted by Crippen LogP contribution is 2.25. The van der Waals surface area contributed by atoms with Gasteiger partial charge in [0, 0.05) is 18.9 Å². The predicted molar refractivity (Wildman–Crippen MR) is 140 cm³/mol. The third kappa shape index (κ3) is 4.33. The quantitative estimate of drug-likeness (QED) is 0.383. The fourth-order valence-corrected chi connectivity index (χ4v) is 4.30. The second-order valence-corrected chi connectivity index (χ2v) is 8.92. The summed E-state index contributed by atoms with van der Waals surface area (Å²) in [5, 5.41) is 12.6. The van der Waals surface area contributed by atoms with Gasteiger partial charge in [-0.25, -0.2) is 9.36 Å². The van der Waals surface area contributed by atoms with Crippen LogP contribution in [0.25, 0.3) is 22.4 Å². The van der Waals surface area contributed by atoms with Crippen molar-refractivity contribution in [1.29, 1.82) is 0 Å². The number of nitrogens with zero attached hydrogens (tertiary/aromatic N) is 5. The van der Waals surface area contributed by atoms with Crippen LogP contribution in [-0.4, -0.2) is 36.6 Å². The molecule has 8 nitrogen and oxygen atoms in total. The van der Waals surface area contributed by atoms with Crippen LogP contribution >= 0.6 is 0 Å². The van der Waals surface area contributed by atoms with Gasteiger partial charge in [0.05, 0.1) is 11.4 Å². The SMILES string of the molecule is Cc1ccc(CCNC(=O)C(C)n2nc(C)c3nn(-c4ccccc4)c(-n4cccc4)c3c2=O)cc1.